The lowest BCUT2D eigenvalue weighted by Crippen LogP contribution is -2.19. The zero-order chi connectivity index (χ0) is 22.5. The van der Waals surface area contributed by atoms with Crippen LogP contribution >= 0.6 is 23.4 Å². The largest absolute Gasteiger partial charge is 0.493 e. The predicted molar refractivity (Wildman–Crippen MR) is 131 cm³/mol. The maximum atomic E-state index is 12.6. The van der Waals surface area contributed by atoms with Crippen LogP contribution in [0.5, 0.6) is 11.5 Å². The third-order valence-corrected chi connectivity index (χ3v) is 6.04. The molecule has 0 atom stereocenters. The van der Waals surface area contributed by atoms with Crippen molar-refractivity contribution in [2.45, 2.75) is 13.5 Å². The van der Waals surface area contributed by atoms with Crippen molar-refractivity contribution in [3.05, 3.63) is 93.3 Å². The highest BCUT2D eigenvalue weighted by Crippen LogP contribution is 2.36. The fraction of sp³-hybridized carbons (Fsp3) is 0.120. The minimum absolute atomic E-state index is 0.208. The maximum Gasteiger partial charge on any atom is 0.264 e. The molecule has 0 unspecified atom stereocenters. The molecule has 5 nitrogen and oxygen atoms in total. The van der Waals surface area contributed by atoms with Crippen LogP contribution in [0.1, 0.15) is 16.7 Å². The molecule has 1 N–H and O–H groups in total. The Morgan fingerprint density at radius 3 is 2.59 bits per heavy atom. The molecule has 162 valence electrons. The summed E-state index contributed by atoms with van der Waals surface area (Å²) in [5, 5.41) is 3.98. The first-order valence-electron chi connectivity index (χ1n) is 9.93. The molecule has 0 bridgehead atoms. The molecule has 1 heterocycles. The van der Waals surface area contributed by atoms with Crippen LogP contribution in [0.2, 0.25) is 5.02 Å². The average molecular weight is 465 g/mol. The topological polar surface area (TPSA) is 59.9 Å². The van der Waals surface area contributed by atoms with Crippen LogP contribution in [-0.2, 0) is 11.4 Å². The van der Waals surface area contributed by atoms with E-state index < -0.39 is 0 Å². The van der Waals surface area contributed by atoms with Crippen LogP contribution in [-0.4, -0.2) is 18.2 Å². The fourth-order valence-corrected chi connectivity index (χ4v) is 4.11. The number of hydrogen-bond donors (Lipinski definition) is 1. The number of nitrogens with one attached hydrogen (secondary N) is 1. The van der Waals surface area contributed by atoms with E-state index in [1.165, 1.54) is 11.8 Å². The summed E-state index contributed by atoms with van der Waals surface area (Å²) in [5.41, 5.74) is 3.52. The summed E-state index contributed by atoms with van der Waals surface area (Å²) in [4.78, 5) is 17.6. The van der Waals surface area contributed by atoms with Gasteiger partial charge in [-0.15, -0.1) is 0 Å². The average Bonchev–Trinajstić information content (AvgIpc) is 3.13. The van der Waals surface area contributed by atoms with Crippen molar-refractivity contribution in [1.29, 1.82) is 0 Å². The molecule has 0 radical (unpaired) electrons. The van der Waals surface area contributed by atoms with Gasteiger partial charge in [-0.05, 0) is 49.0 Å². The minimum Gasteiger partial charge on any atom is -0.493 e. The van der Waals surface area contributed by atoms with Crippen molar-refractivity contribution in [2.24, 2.45) is 4.99 Å². The van der Waals surface area contributed by atoms with Gasteiger partial charge in [0.25, 0.3) is 5.91 Å². The number of benzene rings is 3. The zero-order valence-corrected chi connectivity index (χ0v) is 19.2. The summed E-state index contributed by atoms with van der Waals surface area (Å²) in [7, 11) is 1.58. The number of methoxy groups -OCH3 is 1. The molecule has 7 heteroatoms. The molecular formula is C25H21ClN2O3S. The number of carbonyl (C=O) groups excluding carboxylic acids is 1. The van der Waals surface area contributed by atoms with E-state index in [-0.39, 0.29) is 12.5 Å². The van der Waals surface area contributed by atoms with Crippen molar-refractivity contribution in [3.63, 3.8) is 0 Å². The molecule has 0 saturated carbocycles. The molecule has 0 aliphatic carbocycles. The first-order chi connectivity index (χ1) is 15.5. The van der Waals surface area contributed by atoms with Gasteiger partial charge in [-0.2, -0.15) is 0 Å². The third-order valence-electron chi connectivity index (χ3n) is 4.76. The van der Waals surface area contributed by atoms with Gasteiger partial charge in [0.15, 0.2) is 16.7 Å². The van der Waals surface area contributed by atoms with E-state index in [0.29, 0.717) is 26.6 Å². The normalized spacial score (nSPS) is 15.8. The highest BCUT2D eigenvalue weighted by atomic mass is 35.5. The number of amidine groups is 1. The van der Waals surface area contributed by atoms with Crippen LogP contribution in [0.25, 0.3) is 6.08 Å². The number of hydrogen-bond acceptors (Lipinski definition) is 5. The number of halogens is 1. The molecule has 32 heavy (non-hydrogen) atoms. The lowest BCUT2D eigenvalue weighted by Gasteiger charge is -2.14. The number of carbonyl (C=O) groups is 1. The van der Waals surface area contributed by atoms with Gasteiger partial charge < -0.3 is 14.8 Å². The summed E-state index contributed by atoms with van der Waals surface area (Å²) in [6, 6.07) is 20.8. The van der Waals surface area contributed by atoms with E-state index >= 15 is 0 Å². The summed E-state index contributed by atoms with van der Waals surface area (Å²) < 4.78 is 11.6. The molecular weight excluding hydrogens is 444 g/mol. The van der Waals surface area contributed by atoms with Gasteiger partial charge in [0.2, 0.25) is 0 Å². The monoisotopic (exact) mass is 464 g/mol. The van der Waals surface area contributed by atoms with Crippen LogP contribution in [0, 0.1) is 6.92 Å². The van der Waals surface area contributed by atoms with Gasteiger partial charge >= 0.3 is 0 Å². The molecule has 3 aromatic carbocycles. The van der Waals surface area contributed by atoms with Crippen molar-refractivity contribution in [2.75, 3.05) is 7.11 Å². The third kappa shape index (κ3) is 5.15. The predicted octanol–water partition coefficient (Wildman–Crippen LogP) is 6.13. The summed E-state index contributed by atoms with van der Waals surface area (Å²) in [6.07, 6.45) is 1.78. The molecule has 0 spiro atoms. The van der Waals surface area contributed by atoms with Gasteiger partial charge in [-0.1, -0.05) is 59.6 Å². The lowest BCUT2D eigenvalue weighted by molar-refractivity contribution is -0.115. The first-order valence-corrected chi connectivity index (χ1v) is 11.1. The number of ether oxygens (including phenoxy) is 2. The van der Waals surface area contributed by atoms with Crippen molar-refractivity contribution in [3.8, 4) is 11.5 Å². The van der Waals surface area contributed by atoms with Crippen molar-refractivity contribution < 1.29 is 14.3 Å². The fourth-order valence-electron chi connectivity index (χ4n) is 3.09. The minimum atomic E-state index is -0.208. The van der Waals surface area contributed by atoms with Crippen LogP contribution < -0.4 is 14.8 Å². The molecule has 3 aromatic rings. The number of para-hydroxylation sites is 1. The van der Waals surface area contributed by atoms with E-state index in [0.717, 1.165) is 22.4 Å². The van der Waals surface area contributed by atoms with Crippen LogP contribution in [0.4, 0.5) is 5.69 Å². The number of amides is 1. The van der Waals surface area contributed by atoms with Crippen LogP contribution in [0.15, 0.2) is 76.6 Å². The van der Waals surface area contributed by atoms with Gasteiger partial charge in [0.1, 0.15) is 6.61 Å². The standard InChI is InChI=1S/C25H21ClN2O3S/c1-16-10-12-19(13-11-16)27-25-28-24(29)22(32-25)14-17-7-5-9-21(30-2)23(17)31-15-18-6-3-4-8-20(18)26/h3-14H,15H2,1-2H3,(H,27,28,29)/b22-14-. The van der Waals surface area contributed by atoms with Crippen LogP contribution in [0.3, 0.4) is 0 Å². The Bertz CT molecular complexity index is 1210. The second kappa shape index (κ2) is 9.94. The Labute approximate surface area is 196 Å². The second-order valence-corrected chi connectivity index (χ2v) is 8.51. The summed E-state index contributed by atoms with van der Waals surface area (Å²) in [5.74, 6) is 0.906. The lowest BCUT2D eigenvalue weighted by atomic mass is 10.1. The molecule has 0 aromatic heterocycles. The highest BCUT2D eigenvalue weighted by Gasteiger charge is 2.25. The number of rotatable bonds is 6. The van der Waals surface area contributed by atoms with E-state index in [4.69, 9.17) is 21.1 Å². The molecule has 4 rings (SSSR count). The van der Waals surface area contributed by atoms with Crippen molar-refractivity contribution >= 4 is 46.2 Å². The van der Waals surface area contributed by atoms with Gasteiger partial charge in [0.05, 0.1) is 17.7 Å². The Hall–Kier alpha value is -3.22. The van der Waals surface area contributed by atoms with E-state index in [1.54, 1.807) is 13.2 Å². The molecule has 1 aliphatic heterocycles. The van der Waals surface area contributed by atoms with Gasteiger partial charge in [-0.3, -0.25) is 4.79 Å². The van der Waals surface area contributed by atoms with E-state index in [1.807, 2.05) is 73.7 Å². The quantitative estimate of drug-likeness (QED) is 0.446. The van der Waals surface area contributed by atoms with E-state index in [9.17, 15) is 4.79 Å². The molecule has 1 fully saturated rings. The number of aryl methyl sites for hydroxylation is 1. The summed E-state index contributed by atoms with van der Waals surface area (Å²) in [6.45, 7) is 2.29. The number of nitrogens with zero attached hydrogens (tertiary/aromatic N) is 1. The van der Waals surface area contributed by atoms with E-state index in [2.05, 4.69) is 10.3 Å². The Morgan fingerprint density at radius 2 is 1.84 bits per heavy atom. The SMILES string of the molecule is COc1cccc(/C=C2\SC(=Nc3ccc(C)cc3)NC2=O)c1OCc1ccccc1Cl. The van der Waals surface area contributed by atoms with Gasteiger partial charge in [0, 0.05) is 16.1 Å². The highest BCUT2D eigenvalue weighted by molar-refractivity contribution is 8.18. The number of aliphatic imine (C=N–C) groups is 1. The Kier molecular flexibility index (Phi) is 6.83. The maximum absolute atomic E-state index is 12.6. The Morgan fingerprint density at radius 1 is 1.06 bits per heavy atom. The van der Waals surface area contributed by atoms with Gasteiger partial charge in [-0.25, -0.2) is 4.99 Å². The smallest absolute Gasteiger partial charge is 0.264 e. The van der Waals surface area contributed by atoms with Crippen molar-refractivity contribution in [1.82, 2.24) is 5.32 Å². The number of thioether (sulfide) groups is 1. The first kappa shape index (κ1) is 22.0. The summed E-state index contributed by atoms with van der Waals surface area (Å²) >= 11 is 7.54. The molecule has 1 amide bonds. The Balaban J connectivity index is 1.59. The molecule has 1 saturated heterocycles. The molecule has 1 aliphatic rings. The second-order valence-electron chi connectivity index (χ2n) is 7.08. The zero-order valence-electron chi connectivity index (χ0n) is 17.6.